The molecule has 0 fully saturated rings. The summed E-state index contributed by atoms with van der Waals surface area (Å²) in [5.74, 6) is -2.42. The number of carboxylic acids is 1. The molecule has 0 saturated heterocycles. The van der Waals surface area contributed by atoms with E-state index in [1.54, 1.807) is 31.7 Å². The fraction of sp³-hybridized carbons (Fsp3) is 0.412. The highest BCUT2D eigenvalue weighted by Gasteiger charge is 2.33. The van der Waals surface area contributed by atoms with Gasteiger partial charge in [-0.3, -0.25) is 9.59 Å². The second-order valence-corrected chi connectivity index (χ2v) is 12.1. The first kappa shape index (κ1) is 31.9. The highest BCUT2D eigenvalue weighted by Crippen LogP contribution is 2.44. The maximum absolute atomic E-state index is 15.2. The number of hydrogen-bond acceptors (Lipinski definition) is 5. The zero-order valence-electron chi connectivity index (χ0n) is 25.8. The summed E-state index contributed by atoms with van der Waals surface area (Å²) >= 11 is 0. The number of rotatable bonds is 5. The van der Waals surface area contributed by atoms with Crippen LogP contribution in [-0.2, 0) is 30.7 Å². The number of halogens is 2. The van der Waals surface area contributed by atoms with Gasteiger partial charge in [0.2, 0.25) is 0 Å². The van der Waals surface area contributed by atoms with Crippen LogP contribution in [0.2, 0.25) is 0 Å². The summed E-state index contributed by atoms with van der Waals surface area (Å²) in [6.07, 6.45) is 1.21. The van der Waals surface area contributed by atoms with Crippen molar-refractivity contribution in [1.82, 2.24) is 4.90 Å². The van der Waals surface area contributed by atoms with Gasteiger partial charge in [-0.25, -0.2) is 8.78 Å². The van der Waals surface area contributed by atoms with Crippen molar-refractivity contribution < 1.29 is 38.1 Å². The summed E-state index contributed by atoms with van der Waals surface area (Å²) in [7, 11) is 1.34. The number of fused-ring (bicyclic) bond motifs is 2. The number of aliphatic carboxylic acids is 1. The minimum absolute atomic E-state index is 0.0140. The number of amides is 1. The fourth-order valence-electron chi connectivity index (χ4n) is 5.87. The third-order valence-corrected chi connectivity index (χ3v) is 7.83. The molecule has 0 saturated carbocycles. The normalized spacial score (nSPS) is 13.9. The van der Waals surface area contributed by atoms with Crippen molar-refractivity contribution in [3.05, 3.63) is 80.4 Å². The van der Waals surface area contributed by atoms with Crippen LogP contribution in [0.1, 0.15) is 76.5 Å². The van der Waals surface area contributed by atoms with Crippen molar-refractivity contribution in [2.75, 3.05) is 13.7 Å². The Kier molecular flexibility index (Phi) is 9.16. The summed E-state index contributed by atoms with van der Waals surface area (Å²) in [5.41, 5.74) is 6.23. The fourth-order valence-corrected chi connectivity index (χ4v) is 5.87. The van der Waals surface area contributed by atoms with E-state index in [1.165, 1.54) is 25.3 Å². The molecule has 0 aliphatic carbocycles. The van der Waals surface area contributed by atoms with E-state index in [9.17, 15) is 19.1 Å². The summed E-state index contributed by atoms with van der Waals surface area (Å²) in [6.45, 7) is 11.8. The minimum atomic E-state index is -1.00. The van der Waals surface area contributed by atoms with Gasteiger partial charge in [0.15, 0.2) is 23.1 Å². The number of carboxylic acid groups (broad SMARTS) is 1. The first-order valence-corrected chi connectivity index (χ1v) is 14.3. The van der Waals surface area contributed by atoms with E-state index in [2.05, 4.69) is 0 Å². The van der Waals surface area contributed by atoms with Gasteiger partial charge in [0.05, 0.1) is 31.3 Å². The van der Waals surface area contributed by atoms with E-state index in [0.29, 0.717) is 29.7 Å². The lowest BCUT2D eigenvalue weighted by atomic mass is 9.81. The van der Waals surface area contributed by atoms with Crippen LogP contribution in [0.25, 0.3) is 11.1 Å². The molecule has 2 aliphatic heterocycles. The third kappa shape index (κ3) is 6.51. The second-order valence-electron chi connectivity index (χ2n) is 12.1. The second kappa shape index (κ2) is 12.3. The van der Waals surface area contributed by atoms with E-state index in [4.69, 9.17) is 14.6 Å². The van der Waals surface area contributed by atoms with E-state index in [1.807, 2.05) is 20.8 Å². The van der Waals surface area contributed by atoms with Gasteiger partial charge in [-0.1, -0.05) is 6.07 Å². The number of benzene rings is 3. The van der Waals surface area contributed by atoms with Crippen LogP contribution >= 0.6 is 0 Å². The number of nitrogens with zero attached hydrogens (tertiary/aromatic N) is 1. The Labute approximate surface area is 251 Å². The Morgan fingerprint density at radius 2 is 1.65 bits per heavy atom. The van der Waals surface area contributed by atoms with Gasteiger partial charge in [0, 0.05) is 18.7 Å². The lowest BCUT2D eigenvalue weighted by Crippen LogP contribution is -2.26. The van der Waals surface area contributed by atoms with Crippen LogP contribution in [0.3, 0.4) is 0 Å². The van der Waals surface area contributed by atoms with Crippen molar-refractivity contribution >= 4 is 11.9 Å². The summed E-state index contributed by atoms with van der Waals surface area (Å²) in [6, 6.07) is 5.87. The third-order valence-electron chi connectivity index (χ3n) is 7.83. The standard InChI is InChI=1S/C30H29F2NO5.C4H10O/c1-15-18-8-6-10-38-29(18)24(31)11-20(15)27-17(3)23-14-33(13-22(23)16(2)21(27)12-26(34)35)30(36)19-7-5-9-25(37-4)28(19)32;1-4(2,3)5/h5,7,9,11H,6,8,10,12-14H2,1-4H3,(H,34,35);5H,1-3H3. The van der Waals surface area contributed by atoms with Crippen molar-refractivity contribution in [2.45, 2.75) is 79.5 Å². The Bertz CT molecular complexity index is 1590. The van der Waals surface area contributed by atoms with Gasteiger partial charge < -0.3 is 24.6 Å². The summed E-state index contributed by atoms with van der Waals surface area (Å²) in [5, 5.41) is 18.3. The highest BCUT2D eigenvalue weighted by molar-refractivity contribution is 5.95. The zero-order chi connectivity index (χ0) is 31.8. The molecule has 0 bridgehead atoms. The number of carbonyl (C=O) groups excluding carboxylic acids is 1. The van der Waals surface area contributed by atoms with Gasteiger partial charge in [-0.05, 0) is 117 Å². The minimum Gasteiger partial charge on any atom is -0.494 e. The highest BCUT2D eigenvalue weighted by atomic mass is 19.1. The maximum Gasteiger partial charge on any atom is 0.307 e. The van der Waals surface area contributed by atoms with Gasteiger partial charge in [0.1, 0.15) is 0 Å². The average molecular weight is 596 g/mol. The number of methoxy groups -OCH3 is 1. The van der Waals surface area contributed by atoms with E-state index < -0.39 is 29.1 Å². The molecule has 0 atom stereocenters. The smallest absolute Gasteiger partial charge is 0.307 e. The molecule has 2 aliphatic rings. The largest absolute Gasteiger partial charge is 0.494 e. The molecule has 9 heteroatoms. The summed E-state index contributed by atoms with van der Waals surface area (Å²) in [4.78, 5) is 26.9. The van der Waals surface area contributed by atoms with Crippen molar-refractivity contribution in [3.8, 4) is 22.6 Å². The molecular formula is C34H39F2NO6. The number of carbonyl (C=O) groups is 2. The first-order chi connectivity index (χ1) is 20.1. The van der Waals surface area contributed by atoms with E-state index in [-0.39, 0.29) is 36.6 Å². The van der Waals surface area contributed by atoms with Gasteiger partial charge in [-0.15, -0.1) is 0 Å². The summed E-state index contributed by atoms with van der Waals surface area (Å²) < 4.78 is 40.7. The monoisotopic (exact) mass is 595 g/mol. The molecule has 0 spiro atoms. The van der Waals surface area contributed by atoms with Gasteiger partial charge >= 0.3 is 5.97 Å². The predicted molar refractivity (Wildman–Crippen MR) is 160 cm³/mol. The quantitative estimate of drug-likeness (QED) is 0.352. The topological polar surface area (TPSA) is 96.3 Å². The van der Waals surface area contributed by atoms with Crippen LogP contribution in [0, 0.1) is 32.4 Å². The Hall–Kier alpha value is -3.98. The molecule has 0 aromatic heterocycles. The molecule has 3 aromatic rings. The number of ether oxygens (including phenoxy) is 2. The molecule has 230 valence electrons. The lowest BCUT2D eigenvalue weighted by Gasteiger charge is -2.25. The first-order valence-electron chi connectivity index (χ1n) is 14.3. The number of hydrogen-bond donors (Lipinski definition) is 2. The Balaban J connectivity index is 0.000000782. The van der Waals surface area contributed by atoms with Crippen molar-refractivity contribution in [1.29, 1.82) is 0 Å². The van der Waals surface area contributed by atoms with Crippen LogP contribution < -0.4 is 9.47 Å². The SMILES string of the molecule is CC(C)(C)O.COc1cccc(C(=O)N2Cc3c(C)c(CC(=O)O)c(-c4cc(F)c5c(c4C)CCCO5)c(C)c3C2)c1F. The average Bonchev–Trinajstić information content (AvgIpc) is 3.39. The van der Waals surface area contributed by atoms with Crippen LogP contribution in [0.5, 0.6) is 11.5 Å². The van der Waals surface area contributed by atoms with Gasteiger partial charge in [0.25, 0.3) is 5.91 Å². The molecule has 0 unspecified atom stereocenters. The molecule has 0 radical (unpaired) electrons. The molecular weight excluding hydrogens is 556 g/mol. The van der Waals surface area contributed by atoms with Crippen LogP contribution in [-0.4, -0.2) is 46.3 Å². The molecule has 2 N–H and O–H groups in total. The molecule has 1 amide bonds. The maximum atomic E-state index is 15.2. The molecule has 43 heavy (non-hydrogen) atoms. The Morgan fingerprint density at radius 1 is 1.02 bits per heavy atom. The van der Waals surface area contributed by atoms with Crippen molar-refractivity contribution in [3.63, 3.8) is 0 Å². The molecule has 5 rings (SSSR count). The Morgan fingerprint density at radius 3 is 2.26 bits per heavy atom. The number of aliphatic hydroxyl groups is 1. The zero-order valence-corrected chi connectivity index (χ0v) is 25.8. The van der Waals surface area contributed by atoms with Crippen LogP contribution in [0.15, 0.2) is 24.3 Å². The van der Waals surface area contributed by atoms with E-state index in [0.717, 1.165) is 39.8 Å². The molecule has 7 nitrogen and oxygen atoms in total. The molecule has 3 aromatic carbocycles. The predicted octanol–water partition coefficient (Wildman–Crippen LogP) is 6.45. The molecule has 2 heterocycles. The van der Waals surface area contributed by atoms with Crippen LogP contribution in [0.4, 0.5) is 8.78 Å². The van der Waals surface area contributed by atoms with Gasteiger partial charge in [-0.2, -0.15) is 0 Å². The lowest BCUT2D eigenvalue weighted by molar-refractivity contribution is -0.136. The van der Waals surface area contributed by atoms with E-state index >= 15 is 4.39 Å². The van der Waals surface area contributed by atoms with Crippen molar-refractivity contribution in [2.24, 2.45) is 0 Å².